The van der Waals surface area contributed by atoms with Gasteiger partial charge in [0.05, 0.1) is 39.6 Å². The minimum Gasteiger partial charge on any atom is -0.376 e. The third-order valence-electron chi connectivity index (χ3n) is 2.81. The molecule has 0 bridgehead atoms. The Bertz CT molecular complexity index is 435. The maximum absolute atomic E-state index is 12.9. The fourth-order valence-electron chi connectivity index (χ4n) is 1.33. The van der Waals surface area contributed by atoms with Crippen LogP contribution in [0.15, 0.2) is 0 Å². The molecule has 7 nitrogen and oxygen atoms in total. The lowest BCUT2D eigenvalue weighted by atomic mass is 10.5. The number of hydrogen-bond acceptors (Lipinski definition) is 7. The Morgan fingerprint density at radius 1 is 0.714 bits per heavy atom. The van der Waals surface area contributed by atoms with Gasteiger partial charge in [0.2, 0.25) is 0 Å². The van der Waals surface area contributed by atoms with Crippen LogP contribution in [0.25, 0.3) is 0 Å². The van der Waals surface area contributed by atoms with Crippen LogP contribution in [-0.2, 0) is 33.2 Å². The molecule has 0 N–H and O–H groups in total. The zero-order valence-electron chi connectivity index (χ0n) is 14.2. The molecule has 15 heteroatoms. The molecule has 2 saturated heterocycles. The van der Waals surface area contributed by atoms with Crippen LogP contribution in [0.5, 0.6) is 0 Å². The largest absolute Gasteiger partial charge is 0.492 e. The summed E-state index contributed by atoms with van der Waals surface area (Å²) < 4.78 is 126. The van der Waals surface area contributed by atoms with Crippen molar-refractivity contribution in [2.24, 2.45) is 0 Å². The van der Waals surface area contributed by atoms with E-state index in [9.17, 15) is 35.1 Å². The lowest BCUT2D eigenvalue weighted by Gasteiger charge is -2.27. The minimum atomic E-state index is -5.74. The first-order valence-electron chi connectivity index (χ1n) is 7.65. The molecule has 0 aromatic heterocycles. The van der Waals surface area contributed by atoms with Gasteiger partial charge in [0.1, 0.15) is 12.2 Å². The van der Waals surface area contributed by atoms with E-state index >= 15 is 0 Å². The molecule has 28 heavy (non-hydrogen) atoms. The van der Waals surface area contributed by atoms with Gasteiger partial charge >= 0.3 is 18.5 Å². The molecule has 0 amide bonds. The predicted molar refractivity (Wildman–Crippen MR) is 71.2 cm³/mol. The molecule has 2 aliphatic rings. The Balaban J connectivity index is 0.000000467. The van der Waals surface area contributed by atoms with E-state index in [4.69, 9.17) is 14.2 Å². The standard InChI is InChI=1S/C9H11F7O5.C4H7FO2/c10-5-20-9(15,16)21-8(13,14)7(11,12)19-2-1-17-3-6-4-18-6;5-3-6-1-4-2-7-4/h6H,1-5H2;4H,1-3H2. The van der Waals surface area contributed by atoms with Gasteiger partial charge in [-0.1, -0.05) is 0 Å². The molecular weight excluding hydrogens is 420 g/mol. The van der Waals surface area contributed by atoms with Crippen LogP contribution in [0.2, 0.25) is 0 Å². The van der Waals surface area contributed by atoms with Crippen molar-refractivity contribution in [1.82, 2.24) is 0 Å². The van der Waals surface area contributed by atoms with E-state index in [0.29, 0.717) is 13.2 Å². The van der Waals surface area contributed by atoms with Crippen molar-refractivity contribution in [2.45, 2.75) is 30.7 Å². The Morgan fingerprint density at radius 2 is 1.25 bits per heavy atom. The first-order chi connectivity index (χ1) is 13.0. The summed E-state index contributed by atoms with van der Waals surface area (Å²) in [5.74, 6) is 0. The van der Waals surface area contributed by atoms with Crippen molar-refractivity contribution >= 4 is 0 Å². The van der Waals surface area contributed by atoms with Crippen LogP contribution in [0.1, 0.15) is 0 Å². The molecule has 168 valence electrons. The zero-order chi connectivity index (χ0) is 21.3. The van der Waals surface area contributed by atoms with Crippen molar-refractivity contribution in [3.8, 4) is 0 Å². The van der Waals surface area contributed by atoms with Gasteiger partial charge in [0.15, 0.2) is 13.7 Å². The number of halogens is 8. The van der Waals surface area contributed by atoms with Crippen molar-refractivity contribution in [3.05, 3.63) is 0 Å². The molecule has 2 aliphatic heterocycles. The highest BCUT2D eigenvalue weighted by molar-refractivity contribution is 4.69. The van der Waals surface area contributed by atoms with Crippen molar-refractivity contribution in [1.29, 1.82) is 0 Å². The average Bonchev–Trinajstić information content (AvgIpc) is 3.46. The maximum Gasteiger partial charge on any atom is 0.492 e. The molecule has 2 atom stereocenters. The number of rotatable bonds is 14. The lowest BCUT2D eigenvalue weighted by Crippen LogP contribution is -2.49. The third-order valence-corrected chi connectivity index (χ3v) is 2.81. The van der Waals surface area contributed by atoms with E-state index in [-0.39, 0.29) is 18.8 Å². The number of alkyl halides is 8. The first kappa shape index (κ1) is 25.2. The number of ether oxygens (including phenoxy) is 7. The Hall–Kier alpha value is -0.840. The summed E-state index contributed by atoms with van der Waals surface area (Å²) in [6.07, 6.45) is -16.4. The fourth-order valence-corrected chi connectivity index (χ4v) is 1.33. The Labute approximate surface area is 153 Å². The average molecular weight is 438 g/mol. The van der Waals surface area contributed by atoms with Crippen molar-refractivity contribution < 1.29 is 68.3 Å². The van der Waals surface area contributed by atoms with Crippen LogP contribution < -0.4 is 0 Å². The van der Waals surface area contributed by atoms with Crippen molar-refractivity contribution in [2.75, 3.05) is 53.4 Å². The van der Waals surface area contributed by atoms with Crippen LogP contribution in [0.3, 0.4) is 0 Å². The minimum absolute atomic E-state index is 0.0598. The Morgan fingerprint density at radius 3 is 1.71 bits per heavy atom. The van der Waals surface area contributed by atoms with Crippen LogP contribution in [0.4, 0.5) is 35.1 Å². The molecule has 2 unspecified atom stereocenters. The monoisotopic (exact) mass is 438 g/mol. The van der Waals surface area contributed by atoms with Gasteiger partial charge < -0.3 is 23.7 Å². The second-order valence-corrected chi connectivity index (χ2v) is 5.17. The predicted octanol–water partition coefficient (Wildman–Crippen LogP) is 2.44. The topological polar surface area (TPSA) is 71.2 Å². The molecule has 2 fully saturated rings. The summed E-state index contributed by atoms with van der Waals surface area (Å²) in [5.41, 5.74) is 0. The van der Waals surface area contributed by atoms with Crippen LogP contribution in [-0.4, -0.2) is 84.1 Å². The van der Waals surface area contributed by atoms with Gasteiger partial charge in [0, 0.05) is 0 Å². The van der Waals surface area contributed by atoms with Gasteiger partial charge in [0.25, 0.3) is 0 Å². The van der Waals surface area contributed by atoms with Crippen LogP contribution >= 0.6 is 0 Å². The highest BCUT2D eigenvalue weighted by atomic mass is 19.3. The van der Waals surface area contributed by atoms with E-state index in [1.165, 1.54) is 0 Å². The molecule has 0 aromatic carbocycles. The molecule has 0 spiro atoms. The summed E-state index contributed by atoms with van der Waals surface area (Å²) in [5, 5.41) is 0. The summed E-state index contributed by atoms with van der Waals surface area (Å²) >= 11 is 0. The van der Waals surface area contributed by atoms with E-state index in [1.54, 1.807) is 0 Å². The molecule has 0 saturated carbocycles. The number of hydrogen-bond donors (Lipinski definition) is 0. The SMILES string of the molecule is FCOC(F)(F)OC(F)(F)C(F)(F)OCCOCC1CO1.FCOCC1CO1. The van der Waals surface area contributed by atoms with Gasteiger partial charge in [-0.3, -0.25) is 4.74 Å². The molecule has 2 heterocycles. The normalized spacial score (nSPS) is 21.9. The highest BCUT2D eigenvalue weighted by Crippen LogP contribution is 2.40. The van der Waals surface area contributed by atoms with Gasteiger partial charge in [-0.2, -0.15) is 17.6 Å². The van der Waals surface area contributed by atoms with E-state index in [1.807, 2.05) is 0 Å². The summed E-state index contributed by atoms with van der Waals surface area (Å²) in [6, 6.07) is 0. The first-order valence-corrected chi connectivity index (χ1v) is 7.65. The quantitative estimate of drug-likeness (QED) is 0.179. The third kappa shape index (κ3) is 10.6. The Kier molecular flexibility index (Phi) is 10.2. The smallest absolute Gasteiger partial charge is 0.376 e. The fraction of sp³-hybridized carbons (Fsp3) is 1.00. The van der Waals surface area contributed by atoms with Crippen LogP contribution in [0, 0.1) is 0 Å². The second kappa shape index (κ2) is 11.4. The lowest BCUT2D eigenvalue weighted by molar-refractivity contribution is -0.529. The number of epoxide rings is 2. The van der Waals surface area contributed by atoms with E-state index in [2.05, 4.69) is 18.9 Å². The van der Waals surface area contributed by atoms with Gasteiger partial charge in [-0.05, 0) is 0 Å². The highest BCUT2D eigenvalue weighted by Gasteiger charge is 2.64. The summed E-state index contributed by atoms with van der Waals surface area (Å²) in [6.45, 7) is -2.78. The molecule has 0 aliphatic carbocycles. The zero-order valence-corrected chi connectivity index (χ0v) is 14.2. The summed E-state index contributed by atoms with van der Waals surface area (Å²) in [4.78, 5) is 0. The van der Waals surface area contributed by atoms with E-state index < -0.39 is 45.4 Å². The summed E-state index contributed by atoms with van der Waals surface area (Å²) in [7, 11) is 0. The van der Waals surface area contributed by atoms with Gasteiger partial charge in [-0.15, -0.1) is 8.78 Å². The molecule has 0 aromatic rings. The molecule has 2 rings (SSSR count). The van der Waals surface area contributed by atoms with Gasteiger partial charge in [-0.25, -0.2) is 13.5 Å². The molecule has 0 radical (unpaired) electrons. The van der Waals surface area contributed by atoms with E-state index in [0.717, 1.165) is 6.61 Å². The molecular formula is C13H18F8O7. The second-order valence-electron chi connectivity index (χ2n) is 5.17. The van der Waals surface area contributed by atoms with Crippen molar-refractivity contribution in [3.63, 3.8) is 0 Å². The maximum atomic E-state index is 12.9.